The van der Waals surface area contributed by atoms with Crippen molar-refractivity contribution in [2.24, 2.45) is 0 Å². The number of rotatable bonds is 4. The molecule has 1 nitrogen and oxygen atoms in total. The van der Waals surface area contributed by atoms with Gasteiger partial charge in [-0.3, -0.25) is 0 Å². The number of alkyl halides is 3. The fourth-order valence-corrected chi connectivity index (χ4v) is 1.47. The Bertz CT molecular complexity index is 295. The Balaban J connectivity index is 2.38. The van der Waals surface area contributed by atoms with E-state index in [9.17, 15) is 13.2 Å². The van der Waals surface area contributed by atoms with Gasteiger partial charge in [-0.1, -0.05) is 0 Å². The largest absolute Gasteiger partial charge is 0.390 e. The van der Waals surface area contributed by atoms with Gasteiger partial charge in [-0.05, 0) is 30.5 Å². The van der Waals surface area contributed by atoms with E-state index in [4.69, 9.17) is 0 Å². The normalized spacial score (nSPS) is 11.5. The third-order valence-corrected chi connectivity index (χ3v) is 2.57. The van der Waals surface area contributed by atoms with Gasteiger partial charge >= 0.3 is 6.18 Å². The highest BCUT2D eigenvalue weighted by atomic mass is 32.2. The van der Waals surface area contributed by atoms with Crippen LogP contribution in [0.3, 0.4) is 0 Å². The number of nitrogens with one attached hydrogen (secondary N) is 1. The molecular weight excluding hydrogens is 223 g/mol. The van der Waals surface area contributed by atoms with Crippen molar-refractivity contribution in [3.63, 3.8) is 0 Å². The van der Waals surface area contributed by atoms with E-state index >= 15 is 0 Å². The van der Waals surface area contributed by atoms with Crippen molar-refractivity contribution in [3.8, 4) is 0 Å². The third-order valence-electron chi connectivity index (χ3n) is 1.83. The van der Waals surface area contributed by atoms with Gasteiger partial charge in [0.2, 0.25) is 0 Å². The standard InChI is InChI=1S/C10H12F3NS/c1-15-9-4-2-8(3-5-9)14-7-6-10(11,12)13/h2-5,14H,6-7H2,1H3. The van der Waals surface area contributed by atoms with Gasteiger partial charge < -0.3 is 5.32 Å². The minimum Gasteiger partial charge on any atom is -0.385 e. The van der Waals surface area contributed by atoms with Crippen LogP contribution in [0.25, 0.3) is 0 Å². The molecule has 0 saturated carbocycles. The van der Waals surface area contributed by atoms with Crippen LogP contribution in [-0.2, 0) is 0 Å². The van der Waals surface area contributed by atoms with Crippen LogP contribution in [0.15, 0.2) is 29.2 Å². The van der Waals surface area contributed by atoms with Crippen LogP contribution >= 0.6 is 11.8 Å². The van der Waals surface area contributed by atoms with Gasteiger partial charge in [-0.25, -0.2) is 0 Å². The summed E-state index contributed by atoms with van der Waals surface area (Å²) in [5.74, 6) is 0. The minimum atomic E-state index is -4.09. The lowest BCUT2D eigenvalue weighted by Crippen LogP contribution is -2.14. The second kappa shape index (κ2) is 5.30. The van der Waals surface area contributed by atoms with Crippen molar-refractivity contribution in [1.29, 1.82) is 0 Å². The smallest absolute Gasteiger partial charge is 0.385 e. The maximum absolute atomic E-state index is 11.8. The second-order valence-corrected chi connectivity index (χ2v) is 3.90. The van der Waals surface area contributed by atoms with Gasteiger partial charge in [-0.15, -0.1) is 11.8 Å². The number of benzene rings is 1. The van der Waals surface area contributed by atoms with E-state index in [-0.39, 0.29) is 6.54 Å². The van der Waals surface area contributed by atoms with E-state index in [1.165, 1.54) is 0 Å². The SMILES string of the molecule is CSc1ccc(NCCC(F)(F)F)cc1. The number of hydrogen-bond donors (Lipinski definition) is 1. The minimum absolute atomic E-state index is 0.0812. The van der Waals surface area contributed by atoms with Gasteiger partial charge in [0.15, 0.2) is 0 Å². The molecule has 0 atom stereocenters. The number of thioether (sulfide) groups is 1. The van der Waals surface area contributed by atoms with Crippen molar-refractivity contribution in [2.45, 2.75) is 17.5 Å². The first-order valence-corrected chi connectivity index (χ1v) is 5.68. The predicted octanol–water partition coefficient (Wildman–Crippen LogP) is 3.77. The Hall–Kier alpha value is -0.840. The topological polar surface area (TPSA) is 12.0 Å². The summed E-state index contributed by atoms with van der Waals surface area (Å²) >= 11 is 1.60. The molecule has 84 valence electrons. The summed E-state index contributed by atoms with van der Waals surface area (Å²) in [5.41, 5.74) is 0.719. The summed E-state index contributed by atoms with van der Waals surface area (Å²) in [5, 5.41) is 2.72. The number of halogens is 3. The van der Waals surface area contributed by atoms with Crippen LogP contribution < -0.4 is 5.32 Å². The van der Waals surface area contributed by atoms with Gasteiger partial charge in [0.1, 0.15) is 0 Å². The lowest BCUT2D eigenvalue weighted by Gasteiger charge is -2.08. The second-order valence-electron chi connectivity index (χ2n) is 3.02. The van der Waals surface area contributed by atoms with E-state index in [1.807, 2.05) is 18.4 Å². The monoisotopic (exact) mass is 235 g/mol. The van der Waals surface area contributed by atoms with Crippen LogP contribution in [0.2, 0.25) is 0 Å². The average Bonchev–Trinajstić information content (AvgIpc) is 2.17. The summed E-state index contributed by atoms with van der Waals surface area (Å²) in [6.45, 7) is -0.0812. The van der Waals surface area contributed by atoms with E-state index in [1.54, 1.807) is 23.9 Å². The first-order chi connectivity index (χ1) is 7.01. The molecule has 1 aromatic carbocycles. The number of anilines is 1. The molecule has 15 heavy (non-hydrogen) atoms. The Kier molecular flexibility index (Phi) is 4.32. The third kappa shape index (κ3) is 4.97. The van der Waals surface area contributed by atoms with Crippen LogP contribution in [0.1, 0.15) is 6.42 Å². The molecule has 0 heterocycles. The molecule has 0 spiro atoms. The molecule has 0 fully saturated rings. The maximum atomic E-state index is 11.8. The highest BCUT2D eigenvalue weighted by molar-refractivity contribution is 7.98. The Morgan fingerprint density at radius 1 is 1.20 bits per heavy atom. The Morgan fingerprint density at radius 3 is 2.27 bits per heavy atom. The van der Waals surface area contributed by atoms with E-state index < -0.39 is 12.6 Å². The Labute approximate surface area is 91.1 Å². The van der Waals surface area contributed by atoms with Crippen LogP contribution in [0.4, 0.5) is 18.9 Å². The zero-order valence-electron chi connectivity index (χ0n) is 8.27. The molecule has 0 aromatic heterocycles. The highest BCUT2D eigenvalue weighted by Crippen LogP contribution is 2.20. The summed E-state index contributed by atoms with van der Waals surface area (Å²) in [6.07, 6.45) is -2.95. The summed E-state index contributed by atoms with van der Waals surface area (Å²) in [4.78, 5) is 1.09. The first kappa shape index (κ1) is 12.2. The molecular formula is C10H12F3NS. The van der Waals surface area contributed by atoms with Crippen molar-refractivity contribution in [2.75, 3.05) is 18.1 Å². The molecule has 0 aliphatic heterocycles. The quantitative estimate of drug-likeness (QED) is 0.797. The lowest BCUT2D eigenvalue weighted by molar-refractivity contribution is -0.131. The molecule has 0 aliphatic rings. The Morgan fingerprint density at radius 2 is 1.80 bits per heavy atom. The molecule has 0 aliphatic carbocycles. The maximum Gasteiger partial charge on any atom is 0.390 e. The molecule has 5 heteroatoms. The molecule has 0 radical (unpaired) electrons. The van der Waals surface area contributed by atoms with Crippen LogP contribution in [0.5, 0.6) is 0 Å². The molecule has 0 unspecified atom stereocenters. The van der Waals surface area contributed by atoms with Crippen molar-refractivity contribution in [1.82, 2.24) is 0 Å². The molecule has 1 aromatic rings. The van der Waals surface area contributed by atoms with Gasteiger partial charge in [0.25, 0.3) is 0 Å². The van der Waals surface area contributed by atoms with Crippen molar-refractivity contribution >= 4 is 17.4 Å². The van der Waals surface area contributed by atoms with E-state index in [2.05, 4.69) is 5.32 Å². The average molecular weight is 235 g/mol. The summed E-state index contributed by atoms with van der Waals surface area (Å²) in [7, 11) is 0. The summed E-state index contributed by atoms with van der Waals surface area (Å²) in [6, 6.07) is 7.31. The van der Waals surface area contributed by atoms with E-state index in [0.29, 0.717) is 0 Å². The molecule has 0 amide bonds. The van der Waals surface area contributed by atoms with E-state index in [0.717, 1.165) is 10.6 Å². The zero-order valence-corrected chi connectivity index (χ0v) is 9.08. The van der Waals surface area contributed by atoms with Crippen LogP contribution in [-0.4, -0.2) is 19.0 Å². The molecule has 1 rings (SSSR count). The van der Waals surface area contributed by atoms with Gasteiger partial charge in [0.05, 0.1) is 6.42 Å². The number of hydrogen-bond acceptors (Lipinski definition) is 2. The molecule has 0 saturated heterocycles. The van der Waals surface area contributed by atoms with Gasteiger partial charge in [-0.2, -0.15) is 13.2 Å². The predicted molar refractivity (Wildman–Crippen MR) is 57.4 cm³/mol. The van der Waals surface area contributed by atoms with Crippen molar-refractivity contribution < 1.29 is 13.2 Å². The lowest BCUT2D eigenvalue weighted by atomic mass is 10.3. The van der Waals surface area contributed by atoms with Gasteiger partial charge in [0, 0.05) is 17.1 Å². The van der Waals surface area contributed by atoms with Crippen molar-refractivity contribution in [3.05, 3.63) is 24.3 Å². The molecule has 1 N–H and O–H groups in total. The zero-order chi connectivity index (χ0) is 11.3. The fraction of sp³-hybridized carbons (Fsp3) is 0.400. The summed E-state index contributed by atoms with van der Waals surface area (Å²) < 4.78 is 35.5. The first-order valence-electron chi connectivity index (χ1n) is 4.46. The van der Waals surface area contributed by atoms with Crippen LogP contribution in [0, 0.1) is 0 Å². The molecule has 0 bridgehead atoms. The highest BCUT2D eigenvalue weighted by Gasteiger charge is 2.25. The fourth-order valence-electron chi connectivity index (χ4n) is 1.06.